The number of piperidine rings is 1. The van der Waals surface area contributed by atoms with Gasteiger partial charge in [0.1, 0.15) is 5.75 Å². The maximum atomic E-state index is 12.9. The summed E-state index contributed by atoms with van der Waals surface area (Å²) in [7, 11) is -3.52. The van der Waals surface area contributed by atoms with Gasteiger partial charge in [0.05, 0.1) is 4.90 Å². The Hall–Kier alpha value is -2.38. The summed E-state index contributed by atoms with van der Waals surface area (Å²) in [6.07, 6.45) is 1.04. The fraction of sp³-hybridized carbons (Fsp3) is 0.381. The highest BCUT2D eigenvalue weighted by molar-refractivity contribution is 7.89. The molecule has 1 heterocycles. The lowest BCUT2D eigenvalue weighted by molar-refractivity contribution is -0.118. The number of sulfonamides is 1. The SMILES string of the molecule is C[C@H]1C[C@H](C)CN(S(=O)(=O)c2ccc(NC(=O)COc3ccccc3)cc2)C1. The lowest BCUT2D eigenvalue weighted by Gasteiger charge is -2.34. The number of hydrogen-bond acceptors (Lipinski definition) is 4. The van der Waals surface area contributed by atoms with E-state index in [1.807, 2.05) is 18.2 Å². The first kappa shape index (κ1) is 20.4. The number of carbonyl (C=O) groups excluding carboxylic acids is 1. The summed E-state index contributed by atoms with van der Waals surface area (Å²) in [5.41, 5.74) is 0.529. The van der Waals surface area contributed by atoms with Gasteiger partial charge in [0.25, 0.3) is 5.91 Å². The summed E-state index contributed by atoms with van der Waals surface area (Å²) in [6.45, 7) is 5.13. The molecule has 1 saturated heterocycles. The van der Waals surface area contributed by atoms with Crippen molar-refractivity contribution in [2.24, 2.45) is 11.8 Å². The molecule has 150 valence electrons. The summed E-state index contributed by atoms with van der Waals surface area (Å²) in [6, 6.07) is 15.3. The molecule has 1 aliphatic rings. The molecule has 0 unspecified atom stereocenters. The second-order valence-corrected chi connectivity index (χ2v) is 9.38. The summed E-state index contributed by atoms with van der Waals surface area (Å²) in [4.78, 5) is 12.3. The Morgan fingerprint density at radius 2 is 1.64 bits per heavy atom. The van der Waals surface area contributed by atoms with E-state index in [4.69, 9.17) is 4.74 Å². The summed E-state index contributed by atoms with van der Waals surface area (Å²) >= 11 is 0. The van der Waals surface area contributed by atoms with E-state index in [1.165, 1.54) is 12.1 Å². The predicted molar refractivity (Wildman–Crippen MR) is 109 cm³/mol. The maximum Gasteiger partial charge on any atom is 0.262 e. The van der Waals surface area contributed by atoms with E-state index in [2.05, 4.69) is 19.2 Å². The number of hydrogen-bond donors (Lipinski definition) is 1. The van der Waals surface area contributed by atoms with Crippen LogP contribution in [0.1, 0.15) is 20.3 Å². The third-order valence-electron chi connectivity index (χ3n) is 4.72. The van der Waals surface area contributed by atoms with E-state index in [1.54, 1.807) is 28.6 Å². The highest BCUT2D eigenvalue weighted by Gasteiger charge is 2.31. The van der Waals surface area contributed by atoms with E-state index in [0.29, 0.717) is 36.4 Å². The molecule has 1 fully saturated rings. The standard InChI is InChI=1S/C21H26N2O4S/c1-16-12-17(2)14-23(13-16)28(25,26)20-10-8-18(9-11-20)22-21(24)15-27-19-6-4-3-5-7-19/h3-11,16-17H,12-15H2,1-2H3,(H,22,24)/t16-,17-/m0/s1. The third-order valence-corrected chi connectivity index (χ3v) is 6.57. The fourth-order valence-corrected chi connectivity index (χ4v) is 5.20. The van der Waals surface area contributed by atoms with Crippen LogP contribution < -0.4 is 10.1 Å². The van der Waals surface area contributed by atoms with Crippen LogP contribution in [-0.2, 0) is 14.8 Å². The van der Waals surface area contributed by atoms with Gasteiger partial charge >= 0.3 is 0 Å². The van der Waals surface area contributed by atoms with E-state index in [0.717, 1.165) is 6.42 Å². The summed E-state index contributed by atoms with van der Waals surface area (Å²) < 4.78 is 32.7. The molecule has 0 bridgehead atoms. The van der Waals surface area contributed by atoms with Gasteiger partial charge in [-0.3, -0.25) is 4.79 Å². The van der Waals surface area contributed by atoms with E-state index < -0.39 is 10.0 Å². The van der Waals surface area contributed by atoms with Gasteiger partial charge < -0.3 is 10.1 Å². The molecule has 0 radical (unpaired) electrons. The van der Waals surface area contributed by atoms with Crippen LogP contribution in [0.3, 0.4) is 0 Å². The van der Waals surface area contributed by atoms with Crippen molar-refractivity contribution in [3.05, 3.63) is 54.6 Å². The Balaban J connectivity index is 1.60. The molecule has 2 aromatic carbocycles. The number of ether oxygens (including phenoxy) is 1. The Labute approximate surface area is 166 Å². The predicted octanol–water partition coefficient (Wildman–Crippen LogP) is 3.37. The number of carbonyl (C=O) groups is 1. The monoisotopic (exact) mass is 402 g/mol. The Morgan fingerprint density at radius 1 is 1.04 bits per heavy atom. The highest BCUT2D eigenvalue weighted by Crippen LogP contribution is 2.27. The molecule has 1 N–H and O–H groups in total. The summed E-state index contributed by atoms with van der Waals surface area (Å²) in [5, 5.41) is 2.71. The van der Waals surface area contributed by atoms with Crippen molar-refractivity contribution in [2.45, 2.75) is 25.2 Å². The van der Waals surface area contributed by atoms with Crippen LogP contribution in [0.4, 0.5) is 5.69 Å². The Kier molecular flexibility index (Phi) is 6.36. The van der Waals surface area contributed by atoms with Crippen molar-refractivity contribution >= 4 is 21.6 Å². The molecular weight excluding hydrogens is 376 g/mol. The molecular formula is C21H26N2O4S. The molecule has 1 aliphatic heterocycles. The molecule has 1 amide bonds. The van der Waals surface area contributed by atoms with Crippen molar-refractivity contribution in [1.82, 2.24) is 4.31 Å². The molecule has 2 aromatic rings. The minimum Gasteiger partial charge on any atom is -0.484 e. The van der Waals surface area contributed by atoms with E-state index in [-0.39, 0.29) is 17.4 Å². The minimum absolute atomic E-state index is 0.117. The third kappa shape index (κ3) is 5.11. The van der Waals surface area contributed by atoms with Gasteiger partial charge in [-0.1, -0.05) is 32.0 Å². The molecule has 0 aliphatic carbocycles. The largest absolute Gasteiger partial charge is 0.484 e. The number of anilines is 1. The number of amides is 1. The number of para-hydroxylation sites is 1. The van der Waals surface area contributed by atoms with Gasteiger partial charge in [-0.15, -0.1) is 0 Å². The van der Waals surface area contributed by atoms with Gasteiger partial charge in [0, 0.05) is 18.8 Å². The van der Waals surface area contributed by atoms with Crippen molar-refractivity contribution in [2.75, 3.05) is 25.0 Å². The quantitative estimate of drug-likeness (QED) is 0.804. The van der Waals surface area contributed by atoms with Crippen LogP contribution in [0.5, 0.6) is 5.75 Å². The zero-order valence-electron chi connectivity index (χ0n) is 16.2. The highest BCUT2D eigenvalue weighted by atomic mass is 32.2. The first-order valence-electron chi connectivity index (χ1n) is 9.42. The van der Waals surface area contributed by atoms with Gasteiger partial charge in [-0.05, 0) is 54.7 Å². The number of nitrogens with zero attached hydrogens (tertiary/aromatic N) is 1. The fourth-order valence-electron chi connectivity index (χ4n) is 3.52. The number of nitrogens with one attached hydrogen (secondary N) is 1. The molecule has 0 spiro atoms. The van der Waals surface area contributed by atoms with Crippen molar-refractivity contribution < 1.29 is 17.9 Å². The molecule has 3 rings (SSSR count). The van der Waals surface area contributed by atoms with Gasteiger partial charge in [-0.25, -0.2) is 8.42 Å². The Morgan fingerprint density at radius 3 is 2.25 bits per heavy atom. The first-order chi connectivity index (χ1) is 13.3. The van der Waals surface area contributed by atoms with Crippen LogP contribution in [-0.4, -0.2) is 38.3 Å². The van der Waals surface area contributed by atoms with Crippen LogP contribution in [0.25, 0.3) is 0 Å². The van der Waals surface area contributed by atoms with Gasteiger partial charge in [-0.2, -0.15) is 4.31 Å². The molecule has 0 aromatic heterocycles. The number of benzene rings is 2. The zero-order chi connectivity index (χ0) is 20.1. The minimum atomic E-state index is -3.52. The second kappa shape index (κ2) is 8.75. The average Bonchev–Trinajstić information content (AvgIpc) is 2.67. The van der Waals surface area contributed by atoms with Crippen molar-refractivity contribution in [3.8, 4) is 5.75 Å². The lowest BCUT2D eigenvalue weighted by Crippen LogP contribution is -2.42. The molecule has 28 heavy (non-hydrogen) atoms. The van der Waals surface area contributed by atoms with Crippen molar-refractivity contribution in [1.29, 1.82) is 0 Å². The number of rotatable bonds is 6. The molecule has 6 nitrogen and oxygen atoms in total. The first-order valence-corrected chi connectivity index (χ1v) is 10.9. The van der Waals surface area contributed by atoms with Crippen LogP contribution in [0, 0.1) is 11.8 Å². The zero-order valence-corrected chi connectivity index (χ0v) is 17.0. The summed E-state index contributed by atoms with van der Waals surface area (Å²) in [5.74, 6) is 1.01. The molecule has 0 saturated carbocycles. The van der Waals surface area contributed by atoms with Gasteiger partial charge in [0.15, 0.2) is 6.61 Å². The smallest absolute Gasteiger partial charge is 0.262 e. The van der Waals surface area contributed by atoms with Crippen LogP contribution in [0.2, 0.25) is 0 Å². The van der Waals surface area contributed by atoms with Gasteiger partial charge in [0.2, 0.25) is 10.0 Å². The van der Waals surface area contributed by atoms with Crippen LogP contribution in [0.15, 0.2) is 59.5 Å². The topological polar surface area (TPSA) is 75.7 Å². The molecule has 7 heteroatoms. The Bertz CT molecular complexity index is 888. The van der Waals surface area contributed by atoms with Crippen molar-refractivity contribution in [3.63, 3.8) is 0 Å². The van der Waals surface area contributed by atoms with E-state index in [9.17, 15) is 13.2 Å². The maximum absolute atomic E-state index is 12.9. The van der Waals surface area contributed by atoms with Crippen LogP contribution >= 0.6 is 0 Å². The normalized spacial score (nSPS) is 20.5. The lowest BCUT2D eigenvalue weighted by atomic mass is 9.94. The molecule has 2 atom stereocenters. The van der Waals surface area contributed by atoms with E-state index >= 15 is 0 Å². The average molecular weight is 403 g/mol. The second-order valence-electron chi connectivity index (χ2n) is 7.44.